The van der Waals surface area contributed by atoms with Crippen molar-refractivity contribution in [2.24, 2.45) is 5.73 Å². The molecule has 3 nitrogen and oxygen atoms in total. The minimum atomic E-state index is 0.498. The predicted octanol–water partition coefficient (Wildman–Crippen LogP) is 1.51. The second-order valence-corrected chi connectivity index (χ2v) is 3.18. The molecule has 14 heavy (non-hydrogen) atoms. The third-order valence-electron chi connectivity index (χ3n) is 2.00. The summed E-state index contributed by atoms with van der Waals surface area (Å²) in [6, 6.07) is 5.89. The smallest absolute Gasteiger partial charge is 0.119 e. The van der Waals surface area contributed by atoms with E-state index in [1.165, 1.54) is 0 Å². The van der Waals surface area contributed by atoms with Crippen LogP contribution in [0.3, 0.4) is 0 Å². The van der Waals surface area contributed by atoms with Crippen LogP contribution in [-0.4, -0.2) is 13.2 Å². The van der Waals surface area contributed by atoms with E-state index in [1.807, 2.05) is 26.0 Å². The molecule has 0 bridgehead atoms. The van der Waals surface area contributed by atoms with Gasteiger partial charge in [0.25, 0.3) is 0 Å². The number of aryl methyl sites for hydroxylation is 2. The maximum atomic E-state index is 8.86. The fraction of sp³-hybridized carbons (Fsp3) is 0.364. The van der Waals surface area contributed by atoms with Crippen molar-refractivity contribution in [1.29, 1.82) is 5.26 Å². The Morgan fingerprint density at radius 3 is 2.36 bits per heavy atom. The molecule has 0 radical (unpaired) electrons. The molecule has 0 fully saturated rings. The van der Waals surface area contributed by atoms with Gasteiger partial charge in [-0.05, 0) is 37.1 Å². The lowest BCUT2D eigenvalue weighted by molar-refractivity contribution is 0.328. The molecule has 2 N–H and O–H groups in total. The third kappa shape index (κ3) is 2.24. The Balaban J connectivity index is 2.97. The molecular formula is C11H14N2O. The van der Waals surface area contributed by atoms with E-state index in [9.17, 15) is 0 Å². The normalized spacial score (nSPS) is 9.57. The highest BCUT2D eigenvalue weighted by atomic mass is 16.5. The maximum absolute atomic E-state index is 8.86. The van der Waals surface area contributed by atoms with E-state index < -0.39 is 0 Å². The fourth-order valence-electron chi connectivity index (χ4n) is 1.36. The Hall–Kier alpha value is -1.53. The molecule has 0 heterocycles. The fourth-order valence-corrected chi connectivity index (χ4v) is 1.36. The van der Waals surface area contributed by atoms with Crippen molar-refractivity contribution in [3.63, 3.8) is 0 Å². The molecule has 1 rings (SSSR count). The van der Waals surface area contributed by atoms with E-state index >= 15 is 0 Å². The van der Waals surface area contributed by atoms with Crippen LogP contribution in [0.2, 0.25) is 0 Å². The lowest BCUT2D eigenvalue weighted by Crippen LogP contribution is -2.10. The molecule has 0 saturated carbocycles. The summed E-state index contributed by atoms with van der Waals surface area (Å²) in [7, 11) is 0. The van der Waals surface area contributed by atoms with Crippen LogP contribution in [0.15, 0.2) is 12.1 Å². The highest BCUT2D eigenvalue weighted by Crippen LogP contribution is 2.20. The number of nitrogens with two attached hydrogens (primary N) is 1. The van der Waals surface area contributed by atoms with Crippen molar-refractivity contribution in [2.45, 2.75) is 13.8 Å². The standard InChI is InChI=1S/C11H14N2O/c1-8-5-10(14-4-3-12)6-9(2)11(8)7-13/h5-6H,3-4,12H2,1-2H3. The van der Waals surface area contributed by atoms with E-state index in [0.29, 0.717) is 13.2 Å². The van der Waals surface area contributed by atoms with Crippen LogP contribution < -0.4 is 10.5 Å². The van der Waals surface area contributed by atoms with Crippen molar-refractivity contribution in [3.8, 4) is 11.8 Å². The summed E-state index contributed by atoms with van der Waals surface area (Å²) in [6.45, 7) is 4.81. The molecule has 0 aliphatic carbocycles. The molecule has 3 heteroatoms. The summed E-state index contributed by atoms with van der Waals surface area (Å²) in [4.78, 5) is 0. The van der Waals surface area contributed by atoms with Gasteiger partial charge in [-0.1, -0.05) is 0 Å². The van der Waals surface area contributed by atoms with Gasteiger partial charge in [0.05, 0.1) is 11.6 Å². The summed E-state index contributed by atoms with van der Waals surface area (Å²) in [6.07, 6.45) is 0. The number of rotatable bonds is 3. The highest BCUT2D eigenvalue weighted by Gasteiger charge is 2.04. The van der Waals surface area contributed by atoms with Crippen molar-refractivity contribution in [1.82, 2.24) is 0 Å². The summed E-state index contributed by atoms with van der Waals surface area (Å²) >= 11 is 0. The van der Waals surface area contributed by atoms with E-state index in [1.54, 1.807) is 0 Å². The zero-order valence-corrected chi connectivity index (χ0v) is 8.50. The topological polar surface area (TPSA) is 59.0 Å². The first kappa shape index (κ1) is 10.6. The van der Waals surface area contributed by atoms with Gasteiger partial charge in [0, 0.05) is 6.54 Å². The molecule has 0 unspecified atom stereocenters. The number of hydrogen-bond acceptors (Lipinski definition) is 3. The quantitative estimate of drug-likeness (QED) is 0.786. The highest BCUT2D eigenvalue weighted by molar-refractivity contribution is 5.47. The molecule has 0 aliphatic heterocycles. The number of ether oxygens (including phenoxy) is 1. The Labute approximate surface area is 84.1 Å². The number of hydrogen-bond donors (Lipinski definition) is 1. The zero-order valence-electron chi connectivity index (χ0n) is 8.50. The second kappa shape index (κ2) is 4.64. The molecule has 0 saturated heterocycles. The van der Waals surface area contributed by atoms with Gasteiger partial charge in [0.15, 0.2) is 0 Å². The van der Waals surface area contributed by atoms with Crippen molar-refractivity contribution >= 4 is 0 Å². The third-order valence-corrected chi connectivity index (χ3v) is 2.00. The second-order valence-electron chi connectivity index (χ2n) is 3.18. The first-order chi connectivity index (χ1) is 6.69. The Morgan fingerprint density at radius 1 is 1.36 bits per heavy atom. The van der Waals surface area contributed by atoms with Crippen molar-refractivity contribution in [2.75, 3.05) is 13.2 Å². The van der Waals surface area contributed by atoms with E-state index in [0.717, 1.165) is 22.4 Å². The van der Waals surface area contributed by atoms with Crippen molar-refractivity contribution in [3.05, 3.63) is 28.8 Å². The summed E-state index contributed by atoms with van der Waals surface area (Å²) < 4.78 is 5.38. The summed E-state index contributed by atoms with van der Waals surface area (Å²) in [5, 5.41) is 8.86. The zero-order chi connectivity index (χ0) is 10.6. The lowest BCUT2D eigenvalue weighted by atomic mass is 10.0. The van der Waals surface area contributed by atoms with Gasteiger partial charge in [0.2, 0.25) is 0 Å². The molecule has 74 valence electrons. The van der Waals surface area contributed by atoms with E-state index in [-0.39, 0.29) is 0 Å². The van der Waals surface area contributed by atoms with Crippen LogP contribution >= 0.6 is 0 Å². The minimum Gasteiger partial charge on any atom is -0.492 e. The average Bonchev–Trinajstić information content (AvgIpc) is 2.14. The SMILES string of the molecule is Cc1cc(OCCN)cc(C)c1C#N. The first-order valence-corrected chi connectivity index (χ1v) is 4.53. The maximum Gasteiger partial charge on any atom is 0.119 e. The molecule has 0 atom stereocenters. The van der Waals surface area contributed by atoms with Crippen LogP contribution in [0.4, 0.5) is 0 Å². The molecule has 0 aromatic heterocycles. The molecule has 1 aromatic carbocycles. The van der Waals surface area contributed by atoms with Gasteiger partial charge in [-0.15, -0.1) is 0 Å². The Bertz CT molecular complexity index is 343. The first-order valence-electron chi connectivity index (χ1n) is 4.53. The number of nitriles is 1. The van der Waals surface area contributed by atoms with Gasteiger partial charge in [-0.25, -0.2) is 0 Å². The summed E-state index contributed by atoms with van der Waals surface area (Å²) in [5.41, 5.74) is 7.95. The molecular weight excluding hydrogens is 176 g/mol. The summed E-state index contributed by atoms with van der Waals surface area (Å²) in [5.74, 6) is 0.782. The van der Waals surface area contributed by atoms with Crippen LogP contribution in [0, 0.1) is 25.2 Å². The molecule has 1 aromatic rings. The van der Waals surface area contributed by atoms with Crippen LogP contribution in [0.25, 0.3) is 0 Å². The van der Waals surface area contributed by atoms with Gasteiger partial charge in [-0.3, -0.25) is 0 Å². The van der Waals surface area contributed by atoms with E-state index in [4.69, 9.17) is 15.7 Å². The van der Waals surface area contributed by atoms with Crippen LogP contribution in [0.1, 0.15) is 16.7 Å². The van der Waals surface area contributed by atoms with Gasteiger partial charge in [-0.2, -0.15) is 5.26 Å². The van der Waals surface area contributed by atoms with Crippen LogP contribution in [-0.2, 0) is 0 Å². The molecule has 0 amide bonds. The molecule has 0 aliphatic rings. The number of benzene rings is 1. The Kier molecular flexibility index (Phi) is 3.49. The van der Waals surface area contributed by atoms with E-state index in [2.05, 4.69) is 6.07 Å². The minimum absolute atomic E-state index is 0.498. The van der Waals surface area contributed by atoms with Gasteiger partial charge < -0.3 is 10.5 Å². The van der Waals surface area contributed by atoms with Gasteiger partial charge >= 0.3 is 0 Å². The Morgan fingerprint density at radius 2 is 1.93 bits per heavy atom. The van der Waals surface area contributed by atoms with Crippen molar-refractivity contribution < 1.29 is 4.74 Å². The number of nitrogens with zero attached hydrogens (tertiary/aromatic N) is 1. The predicted molar refractivity (Wildman–Crippen MR) is 55.2 cm³/mol. The van der Waals surface area contributed by atoms with Gasteiger partial charge in [0.1, 0.15) is 12.4 Å². The molecule has 0 spiro atoms. The largest absolute Gasteiger partial charge is 0.492 e. The lowest BCUT2D eigenvalue weighted by Gasteiger charge is -2.08. The monoisotopic (exact) mass is 190 g/mol. The average molecular weight is 190 g/mol. The van der Waals surface area contributed by atoms with Crippen LogP contribution in [0.5, 0.6) is 5.75 Å².